The molecule has 0 saturated heterocycles. The van der Waals surface area contributed by atoms with Crippen molar-refractivity contribution >= 4 is 51.0 Å². The normalized spacial score (nSPS) is 20.2. The number of rotatable bonds is 7. The average molecular weight is 659 g/mol. The quantitative estimate of drug-likeness (QED) is 0.333. The molecule has 0 amide bonds. The molecule has 0 unspecified atom stereocenters. The Bertz CT molecular complexity index is 1030. The van der Waals surface area contributed by atoms with E-state index in [0.717, 1.165) is 24.2 Å². The maximum atomic E-state index is 13.5. The minimum Gasteiger partial charge on any atom is -0.487 e. The summed E-state index contributed by atoms with van der Waals surface area (Å²) in [5, 5.41) is 10.1. The van der Waals surface area contributed by atoms with Crippen LogP contribution in [0.25, 0.3) is 0 Å². The number of carbonyl (C=O) groups is 1. The Hall–Kier alpha value is -1.58. The summed E-state index contributed by atoms with van der Waals surface area (Å²) in [5.41, 5.74) is 9.23. The molecule has 1 heterocycles. The van der Waals surface area contributed by atoms with Gasteiger partial charge >= 0.3 is 0 Å². The van der Waals surface area contributed by atoms with Gasteiger partial charge in [-0.15, -0.1) is 0 Å². The zero-order chi connectivity index (χ0) is 23.6. The summed E-state index contributed by atoms with van der Waals surface area (Å²) in [4.78, 5) is 15.4. The predicted molar refractivity (Wildman–Crippen MR) is 141 cm³/mol. The number of Topliss-reactive ketones (excluding diaryl/α,β-unsaturated/α-hetero) is 1. The first-order valence-corrected chi connectivity index (χ1v) is 12.5. The van der Waals surface area contributed by atoms with Crippen molar-refractivity contribution in [2.45, 2.75) is 32.6 Å². The van der Waals surface area contributed by atoms with Crippen LogP contribution >= 0.6 is 45.2 Å². The van der Waals surface area contributed by atoms with Crippen molar-refractivity contribution in [3.05, 3.63) is 60.2 Å². The molecule has 1 aromatic carbocycles. The van der Waals surface area contributed by atoms with Crippen LogP contribution in [0.3, 0.4) is 0 Å². The van der Waals surface area contributed by atoms with Gasteiger partial charge in [-0.1, -0.05) is 26.5 Å². The fourth-order valence-electron chi connectivity index (χ4n) is 4.37. The SMILES string of the molecule is C=CCOc1c(I)cc([C@@H]2C(C#N)=C(N)N(CCOC)C3=C2C(=O)CC(C)(C)C3)cc1I. The zero-order valence-electron chi connectivity index (χ0n) is 18.5. The molecule has 1 aromatic rings. The van der Waals surface area contributed by atoms with E-state index in [1.807, 2.05) is 17.0 Å². The minimum atomic E-state index is -0.493. The molecular formula is C24H27I2N3O3. The number of nitriles is 1. The average Bonchev–Trinajstić information content (AvgIpc) is 2.71. The van der Waals surface area contributed by atoms with E-state index in [1.54, 1.807) is 13.2 Å². The molecule has 0 bridgehead atoms. The number of halogens is 2. The molecule has 0 fully saturated rings. The van der Waals surface area contributed by atoms with E-state index < -0.39 is 5.92 Å². The first-order chi connectivity index (χ1) is 15.1. The van der Waals surface area contributed by atoms with Crippen LogP contribution < -0.4 is 10.5 Å². The summed E-state index contributed by atoms with van der Waals surface area (Å²) in [6.07, 6.45) is 2.85. The Labute approximate surface area is 216 Å². The number of nitrogens with zero attached hydrogens (tertiary/aromatic N) is 2. The highest BCUT2D eigenvalue weighted by Gasteiger charge is 2.44. The van der Waals surface area contributed by atoms with E-state index in [1.165, 1.54) is 0 Å². The second-order valence-corrected chi connectivity index (χ2v) is 11.0. The van der Waals surface area contributed by atoms with Crippen molar-refractivity contribution in [1.82, 2.24) is 4.90 Å². The lowest BCUT2D eigenvalue weighted by molar-refractivity contribution is -0.118. The van der Waals surface area contributed by atoms with Gasteiger partial charge in [0, 0.05) is 31.3 Å². The van der Waals surface area contributed by atoms with E-state index in [9.17, 15) is 10.1 Å². The molecule has 170 valence electrons. The standard InChI is InChI=1S/C24H27I2N3O3/c1-5-7-32-22-16(25)9-14(10-17(22)26)20-15(13-27)23(28)29(6-8-31-4)18-11-24(2,3)12-19(30)21(18)20/h5,9-10,20H,1,6-8,11-12,28H2,2-4H3/t20-/m1/s1. The van der Waals surface area contributed by atoms with Gasteiger partial charge in [0.15, 0.2) is 5.78 Å². The number of ether oxygens (including phenoxy) is 2. The van der Waals surface area contributed by atoms with E-state index >= 15 is 0 Å². The second kappa shape index (κ2) is 10.1. The van der Waals surface area contributed by atoms with E-state index in [4.69, 9.17) is 15.2 Å². The summed E-state index contributed by atoms with van der Waals surface area (Å²) < 4.78 is 12.9. The monoisotopic (exact) mass is 659 g/mol. The van der Waals surface area contributed by atoms with Gasteiger partial charge in [-0.2, -0.15) is 5.26 Å². The fourth-order valence-corrected chi connectivity index (χ4v) is 6.50. The lowest BCUT2D eigenvalue weighted by Gasteiger charge is -2.43. The summed E-state index contributed by atoms with van der Waals surface area (Å²) in [6, 6.07) is 6.28. The number of hydrogen-bond acceptors (Lipinski definition) is 6. The van der Waals surface area contributed by atoms with Gasteiger partial charge in [0.1, 0.15) is 18.2 Å². The molecule has 0 spiro atoms. The number of ketones is 1. The third-order valence-electron chi connectivity index (χ3n) is 5.71. The molecule has 0 saturated carbocycles. The van der Waals surface area contributed by atoms with Crippen molar-refractivity contribution in [3.8, 4) is 11.8 Å². The van der Waals surface area contributed by atoms with Gasteiger partial charge < -0.3 is 20.1 Å². The Morgan fingerprint density at radius 2 is 2.00 bits per heavy atom. The van der Waals surface area contributed by atoms with Crippen LogP contribution in [0, 0.1) is 23.9 Å². The molecule has 1 atom stereocenters. The first-order valence-electron chi connectivity index (χ1n) is 10.3. The van der Waals surface area contributed by atoms with Gasteiger partial charge in [-0.05, 0) is 74.7 Å². The first kappa shape index (κ1) is 25.1. The van der Waals surface area contributed by atoms with Gasteiger partial charge in [0.05, 0.1) is 31.3 Å². The van der Waals surface area contributed by atoms with Crippen molar-refractivity contribution in [2.75, 3.05) is 26.9 Å². The van der Waals surface area contributed by atoms with Crippen molar-refractivity contribution in [3.63, 3.8) is 0 Å². The smallest absolute Gasteiger partial charge is 0.162 e. The summed E-state index contributed by atoms with van der Waals surface area (Å²) >= 11 is 4.46. The molecule has 0 radical (unpaired) electrons. The predicted octanol–water partition coefficient (Wildman–Crippen LogP) is 4.84. The highest BCUT2D eigenvalue weighted by atomic mass is 127. The molecule has 0 aromatic heterocycles. The summed E-state index contributed by atoms with van der Waals surface area (Å²) in [7, 11) is 1.63. The molecular weight excluding hydrogens is 632 g/mol. The number of allylic oxidation sites excluding steroid dienone is 3. The lowest BCUT2D eigenvalue weighted by Crippen LogP contribution is -2.43. The number of benzene rings is 1. The molecule has 3 rings (SSSR count). The Morgan fingerprint density at radius 3 is 2.56 bits per heavy atom. The number of carbonyl (C=O) groups excluding carboxylic acids is 1. The summed E-state index contributed by atoms with van der Waals surface area (Å²) in [5.74, 6) is 0.748. The number of hydrogen-bond donors (Lipinski definition) is 1. The second-order valence-electron chi connectivity index (χ2n) is 8.70. The van der Waals surface area contributed by atoms with E-state index in [-0.39, 0.29) is 11.2 Å². The molecule has 6 nitrogen and oxygen atoms in total. The maximum absolute atomic E-state index is 13.5. The highest BCUT2D eigenvalue weighted by Crippen LogP contribution is 2.49. The van der Waals surface area contributed by atoms with Gasteiger partial charge in [0.2, 0.25) is 0 Å². The van der Waals surface area contributed by atoms with Crippen molar-refractivity contribution in [2.24, 2.45) is 11.1 Å². The third-order valence-corrected chi connectivity index (χ3v) is 7.31. The molecule has 1 aliphatic carbocycles. The van der Waals surface area contributed by atoms with Crippen molar-refractivity contribution in [1.29, 1.82) is 5.26 Å². The van der Waals surface area contributed by atoms with Gasteiger partial charge in [-0.3, -0.25) is 4.79 Å². The molecule has 32 heavy (non-hydrogen) atoms. The summed E-state index contributed by atoms with van der Waals surface area (Å²) in [6.45, 7) is 9.23. The van der Waals surface area contributed by atoms with Crippen LogP contribution in [-0.4, -0.2) is 37.6 Å². The van der Waals surface area contributed by atoms with Crippen LogP contribution in [0.15, 0.2) is 47.5 Å². The van der Waals surface area contributed by atoms with Crippen LogP contribution in [0.4, 0.5) is 0 Å². The van der Waals surface area contributed by atoms with E-state index in [0.29, 0.717) is 49.6 Å². The zero-order valence-corrected chi connectivity index (χ0v) is 22.8. The number of nitrogens with two attached hydrogens (primary N) is 1. The van der Waals surface area contributed by atoms with Crippen molar-refractivity contribution < 1.29 is 14.3 Å². The lowest BCUT2D eigenvalue weighted by atomic mass is 9.68. The minimum absolute atomic E-state index is 0.0703. The number of methoxy groups -OCH3 is 1. The third kappa shape index (κ3) is 4.84. The Kier molecular flexibility index (Phi) is 7.93. The Balaban J connectivity index is 2.21. The van der Waals surface area contributed by atoms with Gasteiger partial charge in [-0.25, -0.2) is 0 Å². The van der Waals surface area contributed by atoms with Crippen LogP contribution in [0.5, 0.6) is 5.75 Å². The Morgan fingerprint density at radius 1 is 1.34 bits per heavy atom. The molecule has 2 N–H and O–H groups in total. The topological polar surface area (TPSA) is 88.6 Å². The fraction of sp³-hybridized carbons (Fsp3) is 0.417. The maximum Gasteiger partial charge on any atom is 0.162 e. The van der Waals surface area contributed by atoms with Crippen LogP contribution in [0.1, 0.15) is 38.2 Å². The molecule has 1 aliphatic heterocycles. The largest absolute Gasteiger partial charge is 0.487 e. The van der Waals surface area contributed by atoms with Crippen LogP contribution in [-0.2, 0) is 9.53 Å². The highest BCUT2D eigenvalue weighted by molar-refractivity contribution is 14.1. The van der Waals surface area contributed by atoms with Crippen LogP contribution in [0.2, 0.25) is 0 Å². The molecule has 8 heteroatoms. The molecule has 2 aliphatic rings. The van der Waals surface area contributed by atoms with Gasteiger partial charge in [0.25, 0.3) is 0 Å². The van der Waals surface area contributed by atoms with E-state index in [2.05, 4.69) is 71.7 Å².